The molecule has 0 aliphatic heterocycles. The second-order valence-electron chi connectivity index (χ2n) is 4.68. The smallest absolute Gasteiger partial charge is 0.227 e. The molecular weight excluding hydrogens is 162 g/mol. The average molecular weight is 185 g/mol. The highest BCUT2D eigenvalue weighted by atomic mass is 16.2. The van der Waals surface area contributed by atoms with E-state index < -0.39 is 0 Å². The number of carbonyl (C=O) groups is 1. The van der Waals surface area contributed by atoms with Crippen LogP contribution in [0.1, 0.15) is 47.0 Å². The first-order valence-corrected chi connectivity index (χ1v) is 5.15. The molecule has 0 bridgehead atoms. The van der Waals surface area contributed by atoms with Crippen molar-refractivity contribution in [1.29, 1.82) is 0 Å². The summed E-state index contributed by atoms with van der Waals surface area (Å²) in [6.07, 6.45) is 3.54. The minimum absolute atomic E-state index is 0.235. The van der Waals surface area contributed by atoms with Gasteiger partial charge in [-0.1, -0.05) is 40.5 Å². The van der Waals surface area contributed by atoms with Crippen LogP contribution < -0.4 is 0 Å². The van der Waals surface area contributed by atoms with Gasteiger partial charge in [-0.2, -0.15) is 0 Å². The van der Waals surface area contributed by atoms with E-state index in [0.29, 0.717) is 0 Å². The van der Waals surface area contributed by atoms with Gasteiger partial charge >= 0.3 is 0 Å². The number of hydrogen-bond donors (Lipinski definition) is 0. The van der Waals surface area contributed by atoms with E-state index in [-0.39, 0.29) is 11.3 Å². The zero-order valence-electron chi connectivity index (χ0n) is 9.68. The standard InChI is InChI=1S/C11H23NO/c1-6-7-8-9-12(5)10(13)11(2,3)4/h6-9H2,1-5H3. The van der Waals surface area contributed by atoms with Crippen molar-refractivity contribution in [2.45, 2.75) is 47.0 Å². The maximum Gasteiger partial charge on any atom is 0.227 e. The van der Waals surface area contributed by atoms with E-state index in [1.54, 1.807) is 0 Å². The van der Waals surface area contributed by atoms with Crippen molar-refractivity contribution in [1.82, 2.24) is 4.90 Å². The summed E-state index contributed by atoms with van der Waals surface area (Å²) in [6, 6.07) is 0. The lowest BCUT2D eigenvalue weighted by Crippen LogP contribution is -2.37. The van der Waals surface area contributed by atoms with Crippen LogP contribution in [0.15, 0.2) is 0 Å². The highest BCUT2D eigenvalue weighted by molar-refractivity contribution is 5.81. The van der Waals surface area contributed by atoms with Gasteiger partial charge in [-0.05, 0) is 6.42 Å². The predicted octanol–water partition coefficient (Wildman–Crippen LogP) is 2.68. The van der Waals surface area contributed by atoms with Gasteiger partial charge in [0.25, 0.3) is 0 Å². The molecule has 0 aromatic carbocycles. The lowest BCUT2D eigenvalue weighted by atomic mass is 9.95. The summed E-state index contributed by atoms with van der Waals surface area (Å²) >= 11 is 0. The molecule has 0 aromatic heterocycles. The van der Waals surface area contributed by atoms with Crippen LogP contribution in [0.2, 0.25) is 0 Å². The van der Waals surface area contributed by atoms with Crippen LogP contribution in [-0.4, -0.2) is 24.4 Å². The first-order valence-electron chi connectivity index (χ1n) is 5.15. The molecule has 78 valence electrons. The van der Waals surface area contributed by atoms with Crippen LogP contribution in [0.25, 0.3) is 0 Å². The van der Waals surface area contributed by atoms with E-state index in [2.05, 4.69) is 6.92 Å². The molecule has 0 radical (unpaired) electrons. The Morgan fingerprint density at radius 2 is 1.77 bits per heavy atom. The Kier molecular flexibility index (Phi) is 5.04. The molecule has 0 aromatic rings. The Labute approximate surface area is 82.3 Å². The highest BCUT2D eigenvalue weighted by Crippen LogP contribution is 2.16. The minimum Gasteiger partial charge on any atom is -0.345 e. The van der Waals surface area contributed by atoms with Crippen LogP contribution in [-0.2, 0) is 4.79 Å². The normalized spacial score (nSPS) is 11.5. The number of unbranched alkanes of at least 4 members (excludes halogenated alkanes) is 2. The van der Waals surface area contributed by atoms with Crippen LogP contribution in [0.5, 0.6) is 0 Å². The summed E-state index contributed by atoms with van der Waals surface area (Å²) in [5.74, 6) is 0.239. The lowest BCUT2D eigenvalue weighted by Gasteiger charge is -2.25. The average Bonchev–Trinajstić information content (AvgIpc) is 2.01. The van der Waals surface area contributed by atoms with Crippen LogP contribution in [0.3, 0.4) is 0 Å². The topological polar surface area (TPSA) is 20.3 Å². The van der Waals surface area contributed by atoms with Gasteiger partial charge in [0, 0.05) is 19.0 Å². The van der Waals surface area contributed by atoms with Gasteiger partial charge in [0.15, 0.2) is 0 Å². The van der Waals surface area contributed by atoms with Gasteiger partial charge in [-0.3, -0.25) is 4.79 Å². The van der Waals surface area contributed by atoms with E-state index in [1.165, 1.54) is 12.8 Å². The third-order valence-electron chi connectivity index (χ3n) is 2.09. The molecule has 0 aliphatic carbocycles. The molecule has 0 spiro atoms. The summed E-state index contributed by atoms with van der Waals surface area (Å²) in [7, 11) is 1.89. The summed E-state index contributed by atoms with van der Waals surface area (Å²) in [6.45, 7) is 8.96. The van der Waals surface area contributed by atoms with Crippen LogP contribution in [0.4, 0.5) is 0 Å². The van der Waals surface area contributed by atoms with Crippen molar-refractivity contribution in [3.05, 3.63) is 0 Å². The maximum absolute atomic E-state index is 11.7. The van der Waals surface area contributed by atoms with Crippen molar-refractivity contribution in [2.75, 3.05) is 13.6 Å². The Hall–Kier alpha value is -0.530. The molecule has 0 heterocycles. The third kappa shape index (κ3) is 4.91. The largest absolute Gasteiger partial charge is 0.345 e. The zero-order chi connectivity index (χ0) is 10.5. The minimum atomic E-state index is -0.235. The van der Waals surface area contributed by atoms with Crippen LogP contribution in [0, 0.1) is 5.41 Å². The molecule has 0 unspecified atom stereocenters. The molecule has 0 rings (SSSR count). The molecular formula is C11H23NO. The number of hydrogen-bond acceptors (Lipinski definition) is 1. The Bertz CT molecular complexity index is 158. The van der Waals surface area contributed by atoms with Crippen molar-refractivity contribution < 1.29 is 4.79 Å². The number of amides is 1. The molecule has 1 amide bonds. The zero-order valence-corrected chi connectivity index (χ0v) is 9.68. The fraction of sp³-hybridized carbons (Fsp3) is 0.909. The van der Waals surface area contributed by atoms with E-state index in [9.17, 15) is 4.79 Å². The van der Waals surface area contributed by atoms with E-state index in [1.807, 2.05) is 32.7 Å². The summed E-state index contributed by atoms with van der Waals surface area (Å²) in [4.78, 5) is 13.5. The highest BCUT2D eigenvalue weighted by Gasteiger charge is 2.24. The molecule has 2 nitrogen and oxygen atoms in total. The van der Waals surface area contributed by atoms with E-state index in [4.69, 9.17) is 0 Å². The van der Waals surface area contributed by atoms with Gasteiger partial charge in [0.2, 0.25) is 5.91 Å². The lowest BCUT2D eigenvalue weighted by molar-refractivity contribution is -0.138. The van der Waals surface area contributed by atoms with Gasteiger partial charge in [-0.25, -0.2) is 0 Å². The molecule has 2 heteroatoms. The SMILES string of the molecule is CCCCCN(C)C(=O)C(C)(C)C. The molecule has 0 fully saturated rings. The van der Waals surface area contributed by atoms with Gasteiger partial charge in [0.05, 0.1) is 0 Å². The molecule has 0 saturated heterocycles. The fourth-order valence-electron chi connectivity index (χ4n) is 1.27. The second kappa shape index (κ2) is 5.25. The van der Waals surface area contributed by atoms with Crippen molar-refractivity contribution in [3.8, 4) is 0 Å². The number of nitrogens with zero attached hydrogens (tertiary/aromatic N) is 1. The number of carbonyl (C=O) groups excluding carboxylic acids is 1. The van der Waals surface area contributed by atoms with E-state index in [0.717, 1.165) is 13.0 Å². The molecule has 0 N–H and O–H groups in total. The summed E-state index contributed by atoms with van der Waals surface area (Å²) in [5, 5.41) is 0. The third-order valence-corrected chi connectivity index (χ3v) is 2.09. The Morgan fingerprint density at radius 1 is 1.23 bits per heavy atom. The van der Waals surface area contributed by atoms with Crippen LogP contribution >= 0.6 is 0 Å². The molecule has 13 heavy (non-hydrogen) atoms. The van der Waals surface area contributed by atoms with Gasteiger partial charge in [-0.15, -0.1) is 0 Å². The molecule has 0 atom stereocenters. The predicted molar refractivity (Wildman–Crippen MR) is 56.6 cm³/mol. The van der Waals surface area contributed by atoms with Crippen molar-refractivity contribution in [2.24, 2.45) is 5.41 Å². The summed E-state index contributed by atoms with van der Waals surface area (Å²) in [5.41, 5.74) is -0.235. The maximum atomic E-state index is 11.7. The van der Waals surface area contributed by atoms with Gasteiger partial charge < -0.3 is 4.90 Å². The summed E-state index contributed by atoms with van der Waals surface area (Å²) < 4.78 is 0. The molecule has 0 saturated carbocycles. The second-order valence-corrected chi connectivity index (χ2v) is 4.68. The molecule has 0 aliphatic rings. The first-order chi connectivity index (χ1) is 5.89. The van der Waals surface area contributed by atoms with Crippen molar-refractivity contribution in [3.63, 3.8) is 0 Å². The number of rotatable bonds is 4. The van der Waals surface area contributed by atoms with E-state index >= 15 is 0 Å². The van der Waals surface area contributed by atoms with Crippen molar-refractivity contribution >= 4 is 5.91 Å². The fourth-order valence-corrected chi connectivity index (χ4v) is 1.27. The monoisotopic (exact) mass is 185 g/mol. The Morgan fingerprint density at radius 3 is 2.15 bits per heavy atom. The quantitative estimate of drug-likeness (QED) is 0.617. The Balaban J connectivity index is 3.84. The van der Waals surface area contributed by atoms with Gasteiger partial charge in [0.1, 0.15) is 0 Å². The first kappa shape index (κ1) is 12.5.